The molecule has 3 aromatic rings. The van der Waals surface area contributed by atoms with Gasteiger partial charge in [-0.15, -0.1) is 0 Å². The molecule has 0 unspecified atom stereocenters. The molecule has 0 amide bonds. The summed E-state index contributed by atoms with van der Waals surface area (Å²) in [6.07, 6.45) is 2.50. The third-order valence-electron chi connectivity index (χ3n) is 3.61. The first-order valence-corrected chi connectivity index (χ1v) is 7.72. The summed E-state index contributed by atoms with van der Waals surface area (Å²) < 4.78 is 0. The van der Waals surface area contributed by atoms with Crippen LogP contribution in [0, 0.1) is 11.3 Å². The normalized spacial score (nSPS) is 10.0. The van der Waals surface area contributed by atoms with Gasteiger partial charge in [-0.2, -0.15) is 5.26 Å². The molecule has 0 spiro atoms. The van der Waals surface area contributed by atoms with Crippen LogP contribution in [0.5, 0.6) is 0 Å². The van der Waals surface area contributed by atoms with E-state index >= 15 is 0 Å². The summed E-state index contributed by atoms with van der Waals surface area (Å²) in [5, 5.41) is 15.6. The van der Waals surface area contributed by atoms with Crippen LogP contribution in [0.2, 0.25) is 0 Å². The van der Waals surface area contributed by atoms with Crippen molar-refractivity contribution in [3.63, 3.8) is 0 Å². The van der Waals surface area contributed by atoms with Crippen LogP contribution in [-0.4, -0.2) is 9.97 Å². The zero-order chi connectivity index (χ0) is 16.8. The minimum atomic E-state index is 0.570. The number of para-hydroxylation sites is 1. The first-order chi connectivity index (χ1) is 11.8. The highest BCUT2D eigenvalue weighted by molar-refractivity contribution is 5.67. The monoisotopic (exact) mass is 315 g/mol. The molecule has 0 bridgehead atoms. The Labute approximate surface area is 141 Å². The Bertz CT molecular complexity index is 865. The van der Waals surface area contributed by atoms with E-state index in [9.17, 15) is 0 Å². The molecule has 1 aromatic heterocycles. The molecule has 0 saturated heterocycles. The number of anilines is 4. The van der Waals surface area contributed by atoms with Crippen LogP contribution in [0.1, 0.15) is 18.1 Å². The van der Waals surface area contributed by atoms with Gasteiger partial charge in [0.15, 0.2) is 0 Å². The van der Waals surface area contributed by atoms with Crippen molar-refractivity contribution in [3.8, 4) is 6.07 Å². The molecule has 0 aliphatic rings. The average molecular weight is 315 g/mol. The predicted octanol–water partition coefficient (Wildman–Crippen LogP) is 4.40. The molecule has 2 aromatic carbocycles. The van der Waals surface area contributed by atoms with Crippen LogP contribution < -0.4 is 10.6 Å². The molecule has 0 aliphatic carbocycles. The summed E-state index contributed by atoms with van der Waals surface area (Å²) in [6, 6.07) is 19.5. The smallest absolute Gasteiger partial charge is 0.135 e. The topological polar surface area (TPSA) is 73.6 Å². The third kappa shape index (κ3) is 3.68. The van der Waals surface area contributed by atoms with Gasteiger partial charge in [-0.25, -0.2) is 9.97 Å². The minimum absolute atomic E-state index is 0.570. The number of nitrogens with one attached hydrogen (secondary N) is 2. The molecule has 24 heavy (non-hydrogen) atoms. The van der Waals surface area contributed by atoms with Crippen molar-refractivity contribution >= 4 is 23.0 Å². The van der Waals surface area contributed by atoms with Gasteiger partial charge in [-0.1, -0.05) is 31.2 Å². The van der Waals surface area contributed by atoms with Gasteiger partial charge in [0.05, 0.1) is 11.3 Å². The molecule has 0 radical (unpaired) electrons. The van der Waals surface area contributed by atoms with E-state index in [0.29, 0.717) is 17.2 Å². The zero-order valence-electron chi connectivity index (χ0n) is 13.3. The van der Waals surface area contributed by atoms with E-state index in [0.717, 1.165) is 17.8 Å². The zero-order valence-corrected chi connectivity index (χ0v) is 13.3. The molecule has 3 rings (SSSR count). The van der Waals surface area contributed by atoms with Gasteiger partial charge in [0.25, 0.3) is 0 Å². The van der Waals surface area contributed by atoms with Crippen LogP contribution in [0.25, 0.3) is 0 Å². The number of nitrogens with zero attached hydrogens (tertiary/aromatic N) is 3. The van der Waals surface area contributed by atoms with Gasteiger partial charge in [0.2, 0.25) is 0 Å². The molecule has 0 fully saturated rings. The van der Waals surface area contributed by atoms with Crippen molar-refractivity contribution in [1.29, 1.82) is 5.26 Å². The summed E-state index contributed by atoms with van der Waals surface area (Å²) in [5.74, 6) is 1.31. The Balaban J connectivity index is 1.77. The summed E-state index contributed by atoms with van der Waals surface area (Å²) in [4.78, 5) is 8.44. The van der Waals surface area contributed by atoms with Crippen LogP contribution in [-0.2, 0) is 6.42 Å². The Kier molecular flexibility index (Phi) is 4.68. The van der Waals surface area contributed by atoms with E-state index in [-0.39, 0.29) is 0 Å². The maximum atomic E-state index is 9.15. The quantitative estimate of drug-likeness (QED) is 0.730. The van der Waals surface area contributed by atoms with Crippen LogP contribution in [0.4, 0.5) is 23.0 Å². The van der Waals surface area contributed by atoms with Crippen LogP contribution in [0.3, 0.4) is 0 Å². The van der Waals surface area contributed by atoms with Crippen molar-refractivity contribution in [2.45, 2.75) is 13.3 Å². The molecule has 0 atom stereocenters. The first kappa shape index (κ1) is 15.5. The fourth-order valence-corrected chi connectivity index (χ4v) is 2.29. The molecule has 5 nitrogen and oxygen atoms in total. The largest absolute Gasteiger partial charge is 0.340 e. The maximum Gasteiger partial charge on any atom is 0.135 e. The minimum Gasteiger partial charge on any atom is -0.340 e. The van der Waals surface area contributed by atoms with Gasteiger partial charge in [-0.3, -0.25) is 0 Å². The highest BCUT2D eigenvalue weighted by atomic mass is 15.1. The molecule has 1 heterocycles. The predicted molar refractivity (Wildman–Crippen MR) is 95.6 cm³/mol. The third-order valence-corrected chi connectivity index (χ3v) is 3.61. The summed E-state index contributed by atoms with van der Waals surface area (Å²) >= 11 is 0. The lowest BCUT2D eigenvalue weighted by Gasteiger charge is -2.10. The molecule has 0 aliphatic heterocycles. The van der Waals surface area contributed by atoms with Crippen molar-refractivity contribution in [2.75, 3.05) is 10.6 Å². The number of nitriles is 1. The van der Waals surface area contributed by atoms with Gasteiger partial charge in [0, 0.05) is 11.8 Å². The summed E-state index contributed by atoms with van der Waals surface area (Å²) in [6.45, 7) is 2.13. The maximum absolute atomic E-state index is 9.15. The Hall–Kier alpha value is -3.39. The van der Waals surface area contributed by atoms with Crippen molar-refractivity contribution in [1.82, 2.24) is 9.97 Å². The van der Waals surface area contributed by atoms with Crippen molar-refractivity contribution in [2.24, 2.45) is 0 Å². The van der Waals surface area contributed by atoms with E-state index in [4.69, 9.17) is 5.26 Å². The second-order valence-corrected chi connectivity index (χ2v) is 5.25. The standard InChI is InChI=1S/C19H17N5/c1-2-14-7-9-16(10-8-14)23-18-11-19(22-13-21-18)24-17-6-4-3-5-15(17)12-20/h3-11,13H,2H2,1H3,(H2,21,22,23,24). The van der Waals surface area contributed by atoms with Gasteiger partial charge in [-0.05, 0) is 36.2 Å². The van der Waals surface area contributed by atoms with E-state index in [1.54, 1.807) is 6.07 Å². The highest BCUT2D eigenvalue weighted by Crippen LogP contribution is 2.21. The van der Waals surface area contributed by atoms with E-state index in [2.05, 4.69) is 45.7 Å². The molecular weight excluding hydrogens is 298 g/mol. The van der Waals surface area contributed by atoms with Crippen molar-refractivity contribution in [3.05, 3.63) is 72.1 Å². The van der Waals surface area contributed by atoms with E-state index in [1.165, 1.54) is 11.9 Å². The number of rotatable bonds is 5. The Morgan fingerprint density at radius 2 is 1.67 bits per heavy atom. The highest BCUT2D eigenvalue weighted by Gasteiger charge is 2.04. The average Bonchev–Trinajstić information content (AvgIpc) is 2.63. The second kappa shape index (κ2) is 7.25. The van der Waals surface area contributed by atoms with E-state index in [1.807, 2.05) is 36.4 Å². The SMILES string of the molecule is CCc1ccc(Nc2cc(Nc3ccccc3C#N)ncn2)cc1. The fourth-order valence-electron chi connectivity index (χ4n) is 2.29. The molecule has 2 N–H and O–H groups in total. The summed E-state index contributed by atoms with van der Waals surface area (Å²) in [5.41, 5.74) is 3.55. The number of aryl methyl sites for hydroxylation is 1. The molecular formula is C19H17N5. The first-order valence-electron chi connectivity index (χ1n) is 7.72. The lowest BCUT2D eigenvalue weighted by Crippen LogP contribution is -1.99. The van der Waals surface area contributed by atoms with Gasteiger partial charge in [0.1, 0.15) is 24.0 Å². The number of benzene rings is 2. The Morgan fingerprint density at radius 3 is 2.38 bits per heavy atom. The van der Waals surface area contributed by atoms with Gasteiger partial charge >= 0.3 is 0 Å². The lowest BCUT2D eigenvalue weighted by atomic mass is 10.1. The number of hydrogen-bond acceptors (Lipinski definition) is 5. The van der Waals surface area contributed by atoms with E-state index < -0.39 is 0 Å². The molecule has 5 heteroatoms. The van der Waals surface area contributed by atoms with Crippen LogP contribution >= 0.6 is 0 Å². The molecule has 118 valence electrons. The fraction of sp³-hybridized carbons (Fsp3) is 0.105. The second-order valence-electron chi connectivity index (χ2n) is 5.25. The van der Waals surface area contributed by atoms with Crippen molar-refractivity contribution < 1.29 is 0 Å². The summed E-state index contributed by atoms with van der Waals surface area (Å²) in [7, 11) is 0. The van der Waals surface area contributed by atoms with Gasteiger partial charge < -0.3 is 10.6 Å². The number of aromatic nitrogens is 2. The Morgan fingerprint density at radius 1 is 0.958 bits per heavy atom. The molecule has 0 saturated carbocycles. The number of hydrogen-bond donors (Lipinski definition) is 2. The van der Waals surface area contributed by atoms with Crippen LogP contribution in [0.15, 0.2) is 60.9 Å². The lowest BCUT2D eigenvalue weighted by molar-refractivity contribution is 1.14.